The molecule has 0 aliphatic carbocycles. The third kappa shape index (κ3) is 5.45. The Labute approximate surface area is 164 Å². The molecule has 2 heterocycles. The van der Waals surface area contributed by atoms with E-state index in [1.165, 1.54) is 0 Å². The number of benzene rings is 1. The molecule has 1 fully saturated rings. The van der Waals surface area contributed by atoms with Crippen molar-refractivity contribution in [2.75, 3.05) is 26.3 Å². The van der Waals surface area contributed by atoms with Crippen molar-refractivity contribution in [3.05, 3.63) is 54.4 Å². The standard InChI is InChI=1S/C21H25N3O4/c1-2-27-18-3-5-19(6-4-18)28-15-20(25)24-13-9-17(10-14-24)23-21(26)16-7-11-22-12-8-16/h3-8,11-12,17H,2,9-10,13-15H2,1H3,(H,23,26). The highest BCUT2D eigenvalue weighted by Crippen LogP contribution is 2.18. The molecule has 0 atom stereocenters. The fourth-order valence-corrected chi connectivity index (χ4v) is 3.08. The molecule has 0 bridgehead atoms. The Morgan fingerprint density at radius 1 is 1.04 bits per heavy atom. The van der Waals surface area contributed by atoms with Crippen LogP contribution in [0.25, 0.3) is 0 Å². The number of amides is 2. The van der Waals surface area contributed by atoms with Crippen molar-refractivity contribution < 1.29 is 19.1 Å². The third-order valence-corrected chi connectivity index (χ3v) is 4.62. The Bertz CT molecular complexity index is 772. The number of hydrogen-bond donors (Lipinski definition) is 1. The molecular weight excluding hydrogens is 358 g/mol. The average molecular weight is 383 g/mol. The van der Waals surface area contributed by atoms with Gasteiger partial charge in [0.1, 0.15) is 11.5 Å². The highest BCUT2D eigenvalue weighted by Gasteiger charge is 2.24. The van der Waals surface area contributed by atoms with Crippen molar-refractivity contribution in [3.63, 3.8) is 0 Å². The summed E-state index contributed by atoms with van der Waals surface area (Å²) in [5.74, 6) is 1.26. The van der Waals surface area contributed by atoms with Crippen LogP contribution in [-0.4, -0.2) is 54.0 Å². The number of hydrogen-bond acceptors (Lipinski definition) is 5. The van der Waals surface area contributed by atoms with Crippen molar-refractivity contribution in [1.82, 2.24) is 15.2 Å². The normalized spacial score (nSPS) is 14.4. The van der Waals surface area contributed by atoms with Crippen LogP contribution in [0.2, 0.25) is 0 Å². The van der Waals surface area contributed by atoms with Crippen LogP contribution in [0.4, 0.5) is 0 Å². The number of likely N-dealkylation sites (tertiary alicyclic amines) is 1. The molecule has 3 rings (SSSR count). The summed E-state index contributed by atoms with van der Waals surface area (Å²) in [5, 5.41) is 3.02. The molecular formula is C21H25N3O4. The summed E-state index contributed by atoms with van der Waals surface area (Å²) >= 11 is 0. The highest BCUT2D eigenvalue weighted by molar-refractivity contribution is 5.94. The molecule has 0 radical (unpaired) electrons. The summed E-state index contributed by atoms with van der Waals surface area (Å²) in [4.78, 5) is 30.3. The van der Waals surface area contributed by atoms with E-state index >= 15 is 0 Å². The van der Waals surface area contributed by atoms with Crippen LogP contribution in [0.1, 0.15) is 30.1 Å². The summed E-state index contributed by atoms with van der Waals surface area (Å²) in [7, 11) is 0. The van der Waals surface area contributed by atoms with Crippen molar-refractivity contribution in [3.8, 4) is 11.5 Å². The summed E-state index contributed by atoms with van der Waals surface area (Å²) in [5.41, 5.74) is 0.595. The van der Waals surface area contributed by atoms with Crippen molar-refractivity contribution in [1.29, 1.82) is 0 Å². The van der Waals surface area contributed by atoms with Gasteiger partial charge < -0.3 is 19.7 Å². The van der Waals surface area contributed by atoms with Crippen LogP contribution < -0.4 is 14.8 Å². The van der Waals surface area contributed by atoms with Crippen LogP contribution in [0, 0.1) is 0 Å². The number of ether oxygens (including phenoxy) is 2. The number of piperidine rings is 1. The molecule has 7 nitrogen and oxygen atoms in total. The molecule has 2 aromatic rings. The van der Waals surface area contributed by atoms with Crippen molar-refractivity contribution in [2.24, 2.45) is 0 Å². The van der Waals surface area contributed by atoms with E-state index in [4.69, 9.17) is 9.47 Å². The first kappa shape index (κ1) is 19.7. The van der Waals surface area contributed by atoms with E-state index in [1.54, 1.807) is 41.6 Å². The molecule has 2 amide bonds. The minimum atomic E-state index is -0.106. The maximum Gasteiger partial charge on any atom is 0.260 e. The van der Waals surface area contributed by atoms with E-state index in [0.29, 0.717) is 31.0 Å². The van der Waals surface area contributed by atoms with Gasteiger partial charge >= 0.3 is 0 Å². The topological polar surface area (TPSA) is 80.8 Å². The Morgan fingerprint density at radius 3 is 2.25 bits per heavy atom. The van der Waals surface area contributed by atoms with Gasteiger partial charge in [-0.25, -0.2) is 0 Å². The number of nitrogens with zero attached hydrogens (tertiary/aromatic N) is 2. The van der Waals surface area contributed by atoms with E-state index in [0.717, 1.165) is 18.6 Å². The smallest absolute Gasteiger partial charge is 0.260 e. The van der Waals surface area contributed by atoms with Gasteiger partial charge in [-0.3, -0.25) is 14.6 Å². The fraction of sp³-hybridized carbons (Fsp3) is 0.381. The van der Waals surface area contributed by atoms with Gasteiger partial charge in [-0.15, -0.1) is 0 Å². The van der Waals surface area contributed by atoms with Crippen LogP contribution in [-0.2, 0) is 4.79 Å². The lowest BCUT2D eigenvalue weighted by Gasteiger charge is -2.32. The molecule has 28 heavy (non-hydrogen) atoms. The quantitative estimate of drug-likeness (QED) is 0.793. The zero-order valence-electron chi connectivity index (χ0n) is 16.0. The zero-order chi connectivity index (χ0) is 19.8. The maximum atomic E-state index is 12.4. The van der Waals surface area contributed by atoms with Crippen LogP contribution in [0.15, 0.2) is 48.8 Å². The van der Waals surface area contributed by atoms with E-state index in [2.05, 4.69) is 10.3 Å². The molecule has 1 aliphatic heterocycles. The highest BCUT2D eigenvalue weighted by atomic mass is 16.5. The molecule has 1 aromatic heterocycles. The summed E-state index contributed by atoms with van der Waals surface area (Å²) in [6.45, 7) is 3.75. The number of pyridine rings is 1. The van der Waals surface area contributed by atoms with Crippen LogP contribution in [0.3, 0.4) is 0 Å². The summed E-state index contributed by atoms with van der Waals surface area (Å²) in [6.07, 6.45) is 4.65. The molecule has 1 N–H and O–H groups in total. The fourth-order valence-electron chi connectivity index (χ4n) is 3.08. The van der Waals surface area contributed by atoms with E-state index in [9.17, 15) is 9.59 Å². The first-order valence-corrected chi connectivity index (χ1v) is 9.50. The van der Waals surface area contributed by atoms with Gasteiger partial charge in [0.25, 0.3) is 11.8 Å². The van der Waals surface area contributed by atoms with Crippen molar-refractivity contribution >= 4 is 11.8 Å². The number of nitrogens with one attached hydrogen (secondary N) is 1. The predicted molar refractivity (Wildman–Crippen MR) is 104 cm³/mol. The van der Waals surface area contributed by atoms with Gasteiger partial charge in [-0.2, -0.15) is 0 Å². The summed E-state index contributed by atoms with van der Waals surface area (Å²) in [6, 6.07) is 10.7. The molecule has 0 unspecified atom stereocenters. The first-order chi connectivity index (χ1) is 13.7. The Kier molecular flexibility index (Phi) is 6.84. The third-order valence-electron chi connectivity index (χ3n) is 4.62. The largest absolute Gasteiger partial charge is 0.494 e. The Morgan fingerprint density at radius 2 is 1.64 bits per heavy atom. The number of rotatable bonds is 7. The molecule has 7 heteroatoms. The predicted octanol–water partition coefficient (Wildman–Crippen LogP) is 2.28. The molecule has 1 saturated heterocycles. The molecule has 0 saturated carbocycles. The average Bonchev–Trinajstić information content (AvgIpc) is 2.74. The Hall–Kier alpha value is -3.09. The van der Waals surface area contributed by atoms with Gasteiger partial charge in [-0.1, -0.05) is 0 Å². The second-order valence-electron chi connectivity index (χ2n) is 6.56. The van der Waals surface area contributed by atoms with Gasteiger partial charge in [0, 0.05) is 37.1 Å². The maximum absolute atomic E-state index is 12.4. The van der Waals surface area contributed by atoms with E-state index in [1.807, 2.05) is 19.1 Å². The minimum absolute atomic E-state index is 0.00201. The van der Waals surface area contributed by atoms with Gasteiger partial charge in [0.2, 0.25) is 0 Å². The molecule has 1 aromatic carbocycles. The van der Waals surface area contributed by atoms with Crippen molar-refractivity contribution in [2.45, 2.75) is 25.8 Å². The van der Waals surface area contributed by atoms with E-state index in [-0.39, 0.29) is 24.5 Å². The second kappa shape index (κ2) is 9.73. The number of carbonyl (C=O) groups is 2. The lowest BCUT2D eigenvalue weighted by atomic mass is 10.0. The van der Waals surface area contributed by atoms with Gasteiger partial charge in [0.15, 0.2) is 6.61 Å². The lowest BCUT2D eigenvalue weighted by molar-refractivity contribution is -0.134. The zero-order valence-corrected chi connectivity index (χ0v) is 16.0. The molecule has 0 spiro atoms. The monoisotopic (exact) mass is 383 g/mol. The van der Waals surface area contributed by atoms with Gasteiger partial charge in [0.05, 0.1) is 6.61 Å². The van der Waals surface area contributed by atoms with E-state index < -0.39 is 0 Å². The van der Waals surface area contributed by atoms with Gasteiger partial charge in [-0.05, 0) is 56.2 Å². The first-order valence-electron chi connectivity index (χ1n) is 9.50. The van der Waals surface area contributed by atoms with Crippen LogP contribution in [0.5, 0.6) is 11.5 Å². The SMILES string of the molecule is CCOc1ccc(OCC(=O)N2CCC(NC(=O)c3ccncc3)CC2)cc1. The summed E-state index contributed by atoms with van der Waals surface area (Å²) < 4.78 is 11.0. The lowest BCUT2D eigenvalue weighted by Crippen LogP contribution is -2.47. The number of aromatic nitrogens is 1. The second-order valence-corrected chi connectivity index (χ2v) is 6.56. The Balaban J connectivity index is 1.40. The number of carbonyl (C=O) groups excluding carboxylic acids is 2. The minimum Gasteiger partial charge on any atom is -0.494 e. The molecule has 148 valence electrons. The van der Waals surface area contributed by atoms with Crippen LogP contribution >= 0.6 is 0 Å². The molecule has 1 aliphatic rings.